The van der Waals surface area contributed by atoms with E-state index in [0.717, 1.165) is 18.7 Å². The van der Waals surface area contributed by atoms with Gasteiger partial charge < -0.3 is 15.4 Å². The highest BCUT2D eigenvalue weighted by Crippen LogP contribution is 2.10. The van der Waals surface area contributed by atoms with Crippen molar-refractivity contribution >= 4 is 24.0 Å². The summed E-state index contributed by atoms with van der Waals surface area (Å²) in [5.74, 6) is -0.0334. The van der Waals surface area contributed by atoms with Gasteiger partial charge in [0.1, 0.15) is 6.04 Å². The molecular formula is C13H19ClN2O2. The van der Waals surface area contributed by atoms with Crippen LogP contribution in [0.5, 0.6) is 0 Å². The number of carbonyl (C=O) groups excluding carboxylic acids is 1. The van der Waals surface area contributed by atoms with E-state index in [1.54, 1.807) is 0 Å². The maximum atomic E-state index is 11.9. The van der Waals surface area contributed by atoms with Crippen LogP contribution in [-0.2, 0) is 16.0 Å². The number of amides is 1. The van der Waals surface area contributed by atoms with Gasteiger partial charge in [0.05, 0.1) is 13.2 Å². The number of hydrogen-bond donors (Lipinski definition) is 2. The zero-order valence-corrected chi connectivity index (χ0v) is 11.3. The van der Waals surface area contributed by atoms with E-state index in [9.17, 15) is 4.79 Å². The molecule has 1 amide bonds. The average Bonchev–Trinajstić information content (AvgIpc) is 2.40. The fourth-order valence-corrected chi connectivity index (χ4v) is 1.79. The largest absolute Gasteiger partial charge is 0.378 e. The summed E-state index contributed by atoms with van der Waals surface area (Å²) in [5.41, 5.74) is 2.10. The van der Waals surface area contributed by atoms with E-state index in [-0.39, 0.29) is 24.4 Å². The van der Waals surface area contributed by atoms with Gasteiger partial charge in [-0.25, -0.2) is 0 Å². The lowest BCUT2D eigenvalue weighted by atomic mass is 10.1. The highest BCUT2D eigenvalue weighted by molar-refractivity contribution is 5.95. The number of anilines is 1. The molecule has 1 fully saturated rings. The van der Waals surface area contributed by atoms with Crippen molar-refractivity contribution in [2.24, 2.45) is 0 Å². The van der Waals surface area contributed by atoms with Crippen molar-refractivity contribution in [3.8, 4) is 0 Å². The highest BCUT2D eigenvalue weighted by atomic mass is 35.5. The highest BCUT2D eigenvalue weighted by Gasteiger charge is 2.20. The molecule has 0 radical (unpaired) electrons. The number of carbonyl (C=O) groups is 1. The Hall–Kier alpha value is -1.10. The van der Waals surface area contributed by atoms with Gasteiger partial charge in [-0.3, -0.25) is 4.79 Å². The van der Waals surface area contributed by atoms with Crippen LogP contribution >= 0.6 is 12.4 Å². The Morgan fingerprint density at radius 3 is 2.72 bits per heavy atom. The molecule has 2 N–H and O–H groups in total. The summed E-state index contributed by atoms with van der Waals surface area (Å²) in [6, 6.07) is 7.68. The second-order valence-corrected chi connectivity index (χ2v) is 4.12. The molecule has 0 aliphatic carbocycles. The molecule has 18 heavy (non-hydrogen) atoms. The molecule has 2 rings (SSSR count). The molecule has 100 valence electrons. The van der Waals surface area contributed by atoms with Crippen molar-refractivity contribution in [1.82, 2.24) is 5.32 Å². The van der Waals surface area contributed by atoms with Gasteiger partial charge in [0.25, 0.3) is 0 Å². The maximum Gasteiger partial charge on any atom is 0.243 e. The van der Waals surface area contributed by atoms with Gasteiger partial charge in [0.15, 0.2) is 0 Å². The molecule has 5 heteroatoms. The Morgan fingerprint density at radius 2 is 2.17 bits per heavy atom. The molecule has 0 saturated carbocycles. The Balaban J connectivity index is 0.00000162. The van der Waals surface area contributed by atoms with E-state index in [2.05, 4.69) is 17.6 Å². The molecule has 1 heterocycles. The standard InChI is InChI=1S/C13H18N2O2.ClH/c1-2-10-3-5-11(6-4-10)15-13(16)12-9-17-8-7-14-12;/h3-6,12,14H,2,7-9H2,1H3,(H,15,16);1H. The average molecular weight is 271 g/mol. The van der Waals surface area contributed by atoms with Gasteiger partial charge in [0, 0.05) is 12.2 Å². The summed E-state index contributed by atoms with van der Waals surface area (Å²) in [5, 5.41) is 6.01. The first-order chi connectivity index (χ1) is 8.29. The predicted octanol–water partition coefficient (Wildman–Crippen LogP) is 1.60. The Labute approximate surface area is 114 Å². The number of nitrogens with one attached hydrogen (secondary N) is 2. The van der Waals surface area contributed by atoms with Crippen LogP contribution in [0.15, 0.2) is 24.3 Å². The van der Waals surface area contributed by atoms with E-state index >= 15 is 0 Å². The first kappa shape index (κ1) is 15.0. The van der Waals surface area contributed by atoms with Crippen molar-refractivity contribution < 1.29 is 9.53 Å². The number of ether oxygens (including phenoxy) is 1. The van der Waals surface area contributed by atoms with Crippen LogP contribution in [-0.4, -0.2) is 31.7 Å². The van der Waals surface area contributed by atoms with Crippen LogP contribution in [0.2, 0.25) is 0 Å². The molecular weight excluding hydrogens is 252 g/mol. The van der Waals surface area contributed by atoms with Gasteiger partial charge in [-0.1, -0.05) is 19.1 Å². The number of benzene rings is 1. The SMILES string of the molecule is CCc1ccc(NC(=O)C2COCCN2)cc1.Cl. The first-order valence-electron chi connectivity index (χ1n) is 6.00. The van der Waals surface area contributed by atoms with Crippen LogP contribution in [0.25, 0.3) is 0 Å². The number of hydrogen-bond acceptors (Lipinski definition) is 3. The minimum absolute atomic E-state index is 0. The predicted molar refractivity (Wildman–Crippen MR) is 74.3 cm³/mol. The number of morpholine rings is 1. The molecule has 1 aromatic rings. The maximum absolute atomic E-state index is 11.9. The molecule has 1 atom stereocenters. The Kier molecular flexibility index (Phi) is 6.12. The van der Waals surface area contributed by atoms with E-state index in [4.69, 9.17) is 4.74 Å². The quantitative estimate of drug-likeness (QED) is 0.877. The topological polar surface area (TPSA) is 50.4 Å². The van der Waals surface area contributed by atoms with Crippen LogP contribution in [0, 0.1) is 0 Å². The summed E-state index contributed by atoms with van der Waals surface area (Å²) < 4.78 is 5.25. The minimum atomic E-state index is -0.241. The van der Waals surface area contributed by atoms with Crippen LogP contribution < -0.4 is 10.6 Å². The molecule has 0 aromatic heterocycles. The summed E-state index contributed by atoms with van der Waals surface area (Å²) in [6.07, 6.45) is 1.01. The van der Waals surface area contributed by atoms with E-state index < -0.39 is 0 Å². The van der Waals surface area contributed by atoms with Crippen molar-refractivity contribution in [2.75, 3.05) is 25.1 Å². The monoisotopic (exact) mass is 270 g/mol. The van der Waals surface area contributed by atoms with Crippen molar-refractivity contribution in [2.45, 2.75) is 19.4 Å². The van der Waals surface area contributed by atoms with Crippen molar-refractivity contribution in [3.63, 3.8) is 0 Å². The second-order valence-electron chi connectivity index (χ2n) is 4.12. The number of halogens is 1. The third kappa shape index (κ3) is 3.98. The van der Waals surface area contributed by atoms with Crippen LogP contribution in [0.1, 0.15) is 12.5 Å². The smallest absolute Gasteiger partial charge is 0.243 e. The van der Waals surface area contributed by atoms with E-state index in [0.29, 0.717) is 13.2 Å². The summed E-state index contributed by atoms with van der Waals surface area (Å²) in [6.45, 7) is 3.96. The summed E-state index contributed by atoms with van der Waals surface area (Å²) in [7, 11) is 0. The van der Waals surface area contributed by atoms with E-state index in [1.807, 2.05) is 24.3 Å². The fraction of sp³-hybridized carbons (Fsp3) is 0.462. The zero-order chi connectivity index (χ0) is 12.1. The lowest BCUT2D eigenvalue weighted by molar-refractivity contribution is -0.120. The minimum Gasteiger partial charge on any atom is -0.378 e. The molecule has 1 saturated heterocycles. The van der Waals surface area contributed by atoms with Gasteiger partial charge in [-0.15, -0.1) is 12.4 Å². The summed E-state index contributed by atoms with van der Waals surface area (Å²) in [4.78, 5) is 11.9. The fourth-order valence-electron chi connectivity index (χ4n) is 1.79. The van der Waals surface area contributed by atoms with Crippen molar-refractivity contribution in [3.05, 3.63) is 29.8 Å². The molecule has 0 spiro atoms. The molecule has 1 unspecified atom stereocenters. The number of rotatable bonds is 3. The van der Waals surface area contributed by atoms with E-state index in [1.165, 1.54) is 5.56 Å². The van der Waals surface area contributed by atoms with Gasteiger partial charge in [-0.2, -0.15) is 0 Å². The first-order valence-corrected chi connectivity index (χ1v) is 6.00. The Bertz CT molecular complexity index is 375. The van der Waals surface area contributed by atoms with Gasteiger partial charge >= 0.3 is 0 Å². The Morgan fingerprint density at radius 1 is 1.44 bits per heavy atom. The molecule has 0 bridgehead atoms. The third-order valence-electron chi connectivity index (χ3n) is 2.87. The van der Waals surface area contributed by atoms with Gasteiger partial charge in [-0.05, 0) is 24.1 Å². The number of aryl methyl sites for hydroxylation is 1. The third-order valence-corrected chi connectivity index (χ3v) is 2.87. The molecule has 4 nitrogen and oxygen atoms in total. The molecule has 1 aliphatic heterocycles. The zero-order valence-electron chi connectivity index (χ0n) is 10.4. The normalized spacial score (nSPS) is 18.8. The van der Waals surface area contributed by atoms with Crippen LogP contribution in [0.3, 0.4) is 0 Å². The van der Waals surface area contributed by atoms with Crippen molar-refractivity contribution in [1.29, 1.82) is 0 Å². The van der Waals surface area contributed by atoms with Gasteiger partial charge in [0.2, 0.25) is 5.91 Å². The second kappa shape index (κ2) is 7.36. The van der Waals surface area contributed by atoms with Crippen LogP contribution in [0.4, 0.5) is 5.69 Å². The summed E-state index contributed by atoms with van der Waals surface area (Å²) >= 11 is 0. The molecule has 1 aromatic carbocycles. The lowest BCUT2D eigenvalue weighted by Crippen LogP contribution is -2.48. The molecule has 1 aliphatic rings. The lowest BCUT2D eigenvalue weighted by Gasteiger charge is -2.22.